The monoisotopic (exact) mass is 292 g/mol. The summed E-state index contributed by atoms with van der Waals surface area (Å²) in [7, 11) is 0. The zero-order valence-corrected chi connectivity index (χ0v) is 13.0. The molecule has 0 bridgehead atoms. The largest absolute Gasteiger partial charge is 0.494 e. The molecule has 3 nitrogen and oxygen atoms in total. The first-order chi connectivity index (χ1) is 9.79. The fraction of sp³-hybridized carbons (Fsp3) is 0.562. The van der Waals surface area contributed by atoms with Crippen LogP contribution in [0, 0.1) is 0 Å². The van der Waals surface area contributed by atoms with Gasteiger partial charge in [0.15, 0.2) is 5.11 Å². The molecule has 1 aliphatic rings. The topological polar surface area (TPSA) is 24.5 Å². The molecule has 0 amide bonds. The Labute approximate surface area is 127 Å². The molecule has 1 saturated heterocycles. The maximum atomic E-state index is 5.53. The summed E-state index contributed by atoms with van der Waals surface area (Å²) in [5.41, 5.74) is 1.03. The molecule has 1 aromatic rings. The number of nitrogens with zero attached hydrogens (tertiary/aromatic N) is 1. The Morgan fingerprint density at radius 3 is 2.30 bits per heavy atom. The van der Waals surface area contributed by atoms with Crippen LogP contribution in [0.25, 0.3) is 0 Å². The highest BCUT2D eigenvalue weighted by molar-refractivity contribution is 7.80. The Morgan fingerprint density at radius 2 is 1.70 bits per heavy atom. The number of benzene rings is 1. The van der Waals surface area contributed by atoms with Crippen molar-refractivity contribution in [1.29, 1.82) is 0 Å². The summed E-state index contributed by atoms with van der Waals surface area (Å²) < 4.78 is 5.44. The smallest absolute Gasteiger partial charge is 0.173 e. The van der Waals surface area contributed by atoms with Crippen molar-refractivity contribution >= 4 is 23.0 Å². The van der Waals surface area contributed by atoms with Crippen molar-refractivity contribution in [3.63, 3.8) is 0 Å². The lowest BCUT2D eigenvalue weighted by atomic mass is 10.1. The second-order valence-electron chi connectivity index (χ2n) is 5.14. The van der Waals surface area contributed by atoms with Crippen molar-refractivity contribution in [2.45, 2.75) is 39.0 Å². The molecule has 2 rings (SSSR count). The predicted molar refractivity (Wildman–Crippen MR) is 88.5 cm³/mol. The Morgan fingerprint density at radius 1 is 1.10 bits per heavy atom. The van der Waals surface area contributed by atoms with E-state index in [0.29, 0.717) is 6.61 Å². The average Bonchev–Trinajstić information content (AvgIpc) is 2.41. The standard InChI is InChI=1S/C16H24N2OS/c1-2-19-15-10-8-14(9-11-15)17-16(20)18-12-6-4-3-5-7-13-18/h8-11H,2-7,12-13H2,1H3,(H,17,20). The van der Waals surface area contributed by atoms with Crippen LogP contribution in [0.1, 0.15) is 39.0 Å². The van der Waals surface area contributed by atoms with Crippen molar-refractivity contribution in [1.82, 2.24) is 4.90 Å². The molecule has 0 radical (unpaired) electrons. The number of hydrogen-bond donors (Lipinski definition) is 1. The summed E-state index contributed by atoms with van der Waals surface area (Å²) >= 11 is 5.53. The highest BCUT2D eigenvalue weighted by atomic mass is 32.1. The van der Waals surface area contributed by atoms with E-state index in [1.807, 2.05) is 31.2 Å². The summed E-state index contributed by atoms with van der Waals surface area (Å²) in [6, 6.07) is 7.98. The van der Waals surface area contributed by atoms with Crippen LogP contribution in [-0.2, 0) is 0 Å². The normalized spacial score (nSPS) is 16.1. The number of anilines is 1. The van der Waals surface area contributed by atoms with Crippen molar-refractivity contribution in [2.24, 2.45) is 0 Å². The number of thiocarbonyl (C=S) groups is 1. The van der Waals surface area contributed by atoms with Crippen molar-refractivity contribution in [3.8, 4) is 5.75 Å². The van der Waals surface area contributed by atoms with E-state index in [1.54, 1.807) is 0 Å². The molecule has 4 heteroatoms. The molecule has 1 fully saturated rings. The van der Waals surface area contributed by atoms with Gasteiger partial charge in [0.05, 0.1) is 6.61 Å². The van der Waals surface area contributed by atoms with Gasteiger partial charge < -0.3 is 15.0 Å². The fourth-order valence-electron chi connectivity index (χ4n) is 2.45. The van der Waals surface area contributed by atoms with Crippen LogP contribution >= 0.6 is 12.2 Å². The molecule has 1 aliphatic heterocycles. The molecule has 1 heterocycles. The van der Waals surface area contributed by atoms with Crippen LogP contribution in [0.2, 0.25) is 0 Å². The SMILES string of the molecule is CCOc1ccc(NC(=S)N2CCCCCCC2)cc1. The molecule has 1 aromatic carbocycles. The third-order valence-electron chi connectivity index (χ3n) is 3.56. The lowest BCUT2D eigenvalue weighted by Gasteiger charge is -2.27. The minimum atomic E-state index is 0.693. The zero-order chi connectivity index (χ0) is 14.2. The summed E-state index contributed by atoms with van der Waals surface area (Å²) in [6.45, 7) is 4.83. The molecule has 0 aliphatic carbocycles. The lowest BCUT2D eigenvalue weighted by molar-refractivity contribution is 0.340. The molecule has 0 saturated carbocycles. The Kier molecular flexibility index (Phi) is 6.12. The van der Waals surface area contributed by atoms with Crippen molar-refractivity contribution in [2.75, 3.05) is 25.0 Å². The van der Waals surface area contributed by atoms with E-state index in [0.717, 1.165) is 29.6 Å². The van der Waals surface area contributed by atoms with E-state index in [-0.39, 0.29) is 0 Å². The first kappa shape index (κ1) is 15.1. The average molecular weight is 292 g/mol. The second-order valence-corrected chi connectivity index (χ2v) is 5.53. The van der Waals surface area contributed by atoms with Gasteiger partial charge in [-0.25, -0.2) is 0 Å². The quantitative estimate of drug-likeness (QED) is 0.850. The number of hydrogen-bond acceptors (Lipinski definition) is 2. The lowest BCUT2D eigenvalue weighted by Crippen LogP contribution is -2.36. The number of rotatable bonds is 3. The maximum Gasteiger partial charge on any atom is 0.173 e. The van der Waals surface area contributed by atoms with Gasteiger partial charge in [-0.15, -0.1) is 0 Å². The van der Waals surface area contributed by atoms with Gasteiger partial charge in [-0.1, -0.05) is 19.3 Å². The molecule has 1 N–H and O–H groups in total. The summed E-state index contributed by atoms with van der Waals surface area (Å²) in [5.74, 6) is 0.898. The molecular formula is C16H24N2OS. The minimum absolute atomic E-state index is 0.693. The van der Waals surface area contributed by atoms with Gasteiger partial charge in [-0.05, 0) is 56.2 Å². The van der Waals surface area contributed by atoms with Crippen molar-refractivity contribution in [3.05, 3.63) is 24.3 Å². The van der Waals surface area contributed by atoms with E-state index >= 15 is 0 Å². The maximum absolute atomic E-state index is 5.53. The molecule has 110 valence electrons. The molecule has 0 unspecified atom stereocenters. The van der Waals surface area contributed by atoms with Crippen LogP contribution in [0.3, 0.4) is 0 Å². The minimum Gasteiger partial charge on any atom is -0.494 e. The third-order valence-corrected chi connectivity index (χ3v) is 3.92. The third kappa shape index (κ3) is 4.67. The van der Waals surface area contributed by atoms with Crippen LogP contribution in [0.15, 0.2) is 24.3 Å². The van der Waals surface area contributed by atoms with Gasteiger partial charge in [0.25, 0.3) is 0 Å². The molecular weight excluding hydrogens is 268 g/mol. The molecule has 0 aromatic heterocycles. The molecule has 20 heavy (non-hydrogen) atoms. The molecule has 0 atom stereocenters. The Bertz CT molecular complexity index is 411. The summed E-state index contributed by atoms with van der Waals surface area (Å²) in [4.78, 5) is 2.30. The van der Waals surface area contributed by atoms with Gasteiger partial charge in [-0.3, -0.25) is 0 Å². The van der Waals surface area contributed by atoms with Gasteiger partial charge >= 0.3 is 0 Å². The van der Waals surface area contributed by atoms with E-state index in [1.165, 1.54) is 32.1 Å². The molecule has 0 spiro atoms. The highest BCUT2D eigenvalue weighted by Crippen LogP contribution is 2.17. The first-order valence-corrected chi connectivity index (χ1v) is 7.99. The van der Waals surface area contributed by atoms with Gasteiger partial charge in [0, 0.05) is 18.8 Å². The Hall–Kier alpha value is -1.29. The van der Waals surface area contributed by atoms with Gasteiger partial charge in [0.1, 0.15) is 5.75 Å². The van der Waals surface area contributed by atoms with Crippen LogP contribution < -0.4 is 10.1 Å². The predicted octanol–water partition coefficient (Wildman–Crippen LogP) is 4.05. The van der Waals surface area contributed by atoms with E-state index < -0.39 is 0 Å². The first-order valence-electron chi connectivity index (χ1n) is 7.58. The van der Waals surface area contributed by atoms with E-state index in [9.17, 15) is 0 Å². The summed E-state index contributed by atoms with van der Waals surface area (Å²) in [5, 5.41) is 4.17. The van der Waals surface area contributed by atoms with Gasteiger partial charge in [-0.2, -0.15) is 0 Å². The second kappa shape index (κ2) is 8.10. The number of nitrogens with one attached hydrogen (secondary N) is 1. The van der Waals surface area contributed by atoms with E-state index in [2.05, 4.69) is 10.2 Å². The highest BCUT2D eigenvalue weighted by Gasteiger charge is 2.11. The van der Waals surface area contributed by atoms with Crippen molar-refractivity contribution < 1.29 is 4.74 Å². The number of likely N-dealkylation sites (tertiary alicyclic amines) is 1. The fourth-order valence-corrected chi connectivity index (χ4v) is 2.75. The van der Waals surface area contributed by atoms with E-state index in [4.69, 9.17) is 17.0 Å². The van der Waals surface area contributed by atoms with Gasteiger partial charge in [0.2, 0.25) is 0 Å². The van der Waals surface area contributed by atoms with Crippen LogP contribution in [-0.4, -0.2) is 29.7 Å². The zero-order valence-electron chi connectivity index (χ0n) is 12.2. The van der Waals surface area contributed by atoms with Crippen LogP contribution in [0.4, 0.5) is 5.69 Å². The number of ether oxygens (including phenoxy) is 1. The summed E-state index contributed by atoms with van der Waals surface area (Å²) in [6.07, 6.45) is 6.49. The van der Waals surface area contributed by atoms with Crippen LogP contribution in [0.5, 0.6) is 5.75 Å². The Balaban J connectivity index is 1.88.